The lowest BCUT2D eigenvalue weighted by Gasteiger charge is -2.22. The van der Waals surface area contributed by atoms with Crippen molar-refractivity contribution in [3.8, 4) is 17.2 Å². The third kappa shape index (κ3) is 4.86. The maximum Gasteiger partial charge on any atom is 0.240 e. The van der Waals surface area contributed by atoms with Crippen molar-refractivity contribution in [3.05, 3.63) is 42.0 Å². The molecule has 1 heterocycles. The summed E-state index contributed by atoms with van der Waals surface area (Å²) in [7, 11) is 3.06. The maximum absolute atomic E-state index is 13.1. The number of amides is 2. The number of ether oxygens (including phenoxy) is 2. The highest BCUT2D eigenvalue weighted by Gasteiger charge is 2.31. The Morgan fingerprint density at radius 3 is 2.59 bits per heavy atom. The summed E-state index contributed by atoms with van der Waals surface area (Å²) in [5, 5.41) is 12.6. The second-order valence-electron chi connectivity index (χ2n) is 6.57. The zero-order valence-electron chi connectivity index (χ0n) is 16.2. The predicted molar refractivity (Wildman–Crippen MR) is 110 cm³/mol. The van der Waals surface area contributed by atoms with E-state index in [1.807, 2.05) is 0 Å². The van der Waals surface area contributed by atoms with Gasteiger partial charge in [0.25, 0.3) is 0 Å². The number of phenols is 1. The van der Waals surface area contributed by atoms with Gasteiger partial charge in [0.15, 0.2) is 0 Å². The van der Waals surface area contributed by atoms with Crippen molar-refractivity contribution in [3.63, 3.8) is 0 Å². The maximum atomic E-state index is 13.1. The van der Waals surface area contributed by atoms with Gasteiger partial charge in [-0.25, -0.2) is 0 Å². The van der Waals surface area contributed by atoms with Crippen molar-refractivity contribution in [1.29, 1.82) is 0 Å². The van der Waals surface area contributed by atoms with E-state index in [0.717, 1.165) is 16.8 Å². The Morgan fingerprint density at radius 1 is 1.17 bits per heavy atom. The predicted octanol–water partition coefficient (Wildman–Crippen LogP) is 1.82. The number of carbonyl (C=O) groups is 2. The fraction of sp³-hybridized carbons (Fsp3) is 0.300. The lowest BCUT2D eigenvalue weighted by Crippen LogP contribution is -2.33. The minimum Gasteiger partial charge on any atom is -0.508 e. The topological polar surface area (TPSA) is 114 Å². The number of benzene rings is 2. The van der Waals surface area contributed by atoms with Crippen LogP contribution in [0, 0.1) is 5.92 Å². The van der Waals surface area contributed by atoms with E-state index >= 15 is 0 Å². The first-order chi connectivity index (χ1) is 13.9. The van der Waals surface area contributed by atoms with Gasteiger partial charge in [-0.05, 0) is 60.3 Å². The lowest BCUT2D eigenvalue weighted by molar-refractivity contribution is -0.131. The van der Waals surface area contributed by atoms with Gasteiger partial charge in [-0.1, -0.05) is 0 Å². The number of methoxy groups -OCH3 is 2. The zero-order chi connectivity index (χ0) is 21.0. The van der Waals surface area contributed by atoms with Crippen LogP contribution >= 0.6 is 11.9 Å². The van der Waals surface area contributed by atoms with Gasteiger partial charge < -0.3 is 25.6 Å². The standard InChI is InChI=1S/C20H23N3O5S/c1-27-17-5-3-14(24)8-12(17)7-13-10-22-19(25)11-23(20(13)26)29-15-4-6-18(28-2)16(21)9-15/h3-6,8-9,13,24H,7,10-11,21H2,1-2H3,(H,22,25). The van der Waals surface area contributed by atoms with Gasteiger partial charge in [0.1, 0.15) is 23.8 Å². The van der Waals surface area contributed by atoms with Crippen molar-refractivity contribution in [2.45, 2.75) is 11.3 Å². The van der Waals surface area contributed by atoms with Gasteiger partial charge in [-0.2, -0.15) is 0 Å². The molecule has 0 radical (unpaired) electrons. The van der Waals surface area contributed by atoms with E-state index in [1.165, 1.54) is 24.6 Å². The number of nitrogens with two attached hydrogens (primary N) is 1. The highest BCUT2D eigenvalue weighted by Crippen LogP contribution is 2.32. The van der Waals surface area contributed by atoms with Gasteiger partial charge in [0, 0.05) is 11.4 Å². The second-order valence-corrected chi connectivity index (χ2v) is 7.67. The molecule has 0 saturated carbocycles. The minimum atomic E-state index is -0.500. The van der Waals surface area contributed by atoms with Crippen molar-refractivity contribution in [2.24, 2.45) is 5.92 Å². The molecule has 3 rings (SSSR count). The van der Waals surface area contributed by atoms with Gasteiger partial charge in [-0.3, -0.25) is 13.9 Å². The summed E-state index contributed by atoms with van der Waals surface area (Å²) < 4.78 is 11.9. The number of anilines is 1. The van der Waals surface area contributed by atoms with Crippen LogP contribution in [-0.4, -0.2) is 48.5 Å². The largest absolute Gasteiger partial charge is 0.508 e. The van der Waals surface area contributed by atoms with E-state index < -0.39 is 5.92 Å². The van der Waals surface area contributed by atoms with Gasteiger partial charge in [0.05, 0.1) is 25.8 Å². The molecule has 0 bridgehead atoms. The molecule has 0 aromatic heterocycles. The van der Waals surface area contributed by atoms with Crippen LogP contribution in [0.1, 0.15) is 5.56 Å². The Hall–Kier alpha value is -3.07. The van der Waals surface area contributed by atoms with Crippen LogP contribution in [0.2, 0.25) is 0 Å². The van der Waals surface area contributed by atoms with Crippen LogP contribution in [0.4, 0.5) is 5.69 Å². The first kappa shape index (κ1) is 20.7. The summed E-state index contributed by atoms with van der Waals surface area (Å²) in [5.74, 6) is 0.286. The van der Waals surface area contributed by atoms with E-state index in [2.05, 4.69) is 5.32 Å². The van der Waals surface area contributed by atoms with Gasteiger partial charge >= 0.3 is 0 Å². The number of hydrogen-bond acceptors (Lipinski definition) is 7. The normalized spacial score (nSPS) is 16.9. The average molecular weight is 417 g/mol. The number of nitrogens with one attached hydrogen (secondary N) is 1. The molecule has 9 heteroatoms. The zero-order valence-corrected chi connectivity index (χ0v) is 17.0. The Balaban J connectivity index is 1.82. The molecule has 2 amide bonds. The number of carbonyl (C=O) groups excluding carboxylic acids is 2. The summed E-state index contributed by atoms with van der Waals surface area (Å²) in [6.45, 7) is 0.140. The first-order valence-corrected chi connectivity index (χ1v) is 9.74. The van der Waals surface area contributed by atoms with Crippen molar-refractivity contribution >= 4 is 29.4 Å². The van der Waals surface area contributed by atoms with Gasteiger partial charge in [-0.15, -0.1) is 0 Å². The summed E-state index contributed by atoms with van der Waals surface area (Å²) in [6, 6.07) is 9.94. The Bertz CT molecular complexity index is 921. The van der Waals surface area contributed by atoms with Crippen molar-refractivity contribution in [2.75, 3.05) is 33.0 Å². The summed E-state index contributed by atoms with van der Waals surface area (Å²) in [4.78, 5) is 26.0. The summed E-state index contributed by atoms with van der Waals surface area (Å²) >= 11 is 1.16. The summed E-state index contributed by atoms with van der Waals surface area (Å²) in [6.07, 6.45) is 0.318. The molecule has 0 spiro atoms. The van der Waals surface area contributed by atoms with E-state index in [0.29, 0.717) is 29.2 Å². The SMILES string of the molecule is COc1ccc(SN2CC(=O)NCC(Cc3cc(O)ccc3OC)C2=O)cc1N. The highest BCUT2D eigenvalue weighted by molar-refractivity contribution is 7.97. The molecule has 29 heavy (non-hydrogen) atoms. The quantitative estimate of drug-likeness (QED) is 0.485. The molecule has 0 aliphatic carbocycles. The van der Waals surface area contributed by atoms with E-state index in [1.54, 1.807) is 30.3 Å². The number of hydrogen-bond donors (Lipinski definition) is 3. The fourth-order valence-corrected chi connectivity index (χ4v) is 4.10. The van der Waals surface area contributed by atoms with Gasteiger partial charge in [0.2, 0.25) is 11.8 Å². The summed E-state index contributed by atoms with van der Waals surface area (Å²) in [5.41, 5.74) is 7.09. The average Bonchev–Trinajstić information content (AvgIpc) is 2.82. The molecule has 1 atom stereocenters. The third-order valence-corrected chi connectivity index (χ3v) is 5.57. The molecular formula is C20H23N3O5S. The van der Waals surface area contributed by atoms with Crippen LogP contribution in [-0.2, 0) is 16.0 Å². The fourth-order valence-electron chi connectivity index (χ4n) is 3.12. The van der Waals surface area contributed by atoms with E-state index in [9.17, 15) is 14.7 Å². The molecule has 154 valence electrons. The number of nitrogens with zero attached hydrogens (tertiary/aromatic N) is 1. The molecule has 1 fully saturated rings. The number of rotatable bonds is 6. The minimum absolute atomic E-state index is 0.0664. The van der Waals surface area contributed by atoms with E-state index in [4.69, 9.17) is 15.2 Å². The molecule has 2 aromatic carbocycles. The smallest absolute Gasteiger partial charge is 0.240 e. The molecule has 1 aliphatic rings. The molecule has 8 nitrogen and oxygen atoms in total. The van der Waals surface area contributed by atoms with Crippen LogP contribution < -0.4 is 20.5 Å². The molecule has 4 N–H and O–H groups in total. The van der Waals surface area contributed by atoms with Crippen LogP contribution in [0.5, 0.6) is 17.2 Å². The number of nitrogen functional groups attached to an aromatic ring is 1. The molecule has 1 aliphatic heterocycles. The van der Waals surface area contributed by atoms with E-state index in [-0.39, 0.29) is 30.7 Å². The van der Waals surface area contributed by atoms with Crippen LogP contribution in [0.25, 0.3) is 0 Å². The first-order valence-electron chi connectivity index (χ1n) is 8.96. The number of phenolic OH excluding ortho intramolecular Hbond substituents is 1. The molecule has 2 aromatic rings. The third-order valence-electron chi connectivity index (χ3n) is 4.57. The van der Waals surface area contributed by atoms with Crippen molar-refractivity contribution in [1.82, 2.24) is 9.62 Å². The monoisotopic (exact) mass is 417 g/mol. The number of aromatic hydroxyl groups is 1. The van der Waals surface area contributed by atoms with Crippen LogP contribution in [0.3, 0.4) is 0 Å². The molecule has 1 saturated heterocycles. The van der Waals surface area contributed by atoms with Crippen molar-refractivity contribution < 1.29 is 24.2 Å². The second kappa shape index (κ2) is 8.95. The Kier molecular flexibility index (Phi) is 6.38. The Morgan fingerprint density at radius 2 is 1.90 bits per heavy atom. The highest BCUT2D eigenvalue weighted by atomic mass is 32.2. The molecular weight excluding hydrogens is 394 g/mol. The van der Waals surface area contributed by atoms with Crippen LogP contribution in [0.15, 0.2) is 41.3 Å². The lowest BCUT2D eigenvalue weighted by atomic mass is 9.97. The molecule has 1 unspecified atom stereocenters. The Labute approximate surface area is 173 Å².